The van der Waals surface area contributed by atoms with Gasteiger partial charge in [0.1, 0.15) is 0 Å². The number of halogens is 2. The molecule has 0 aliphatic carbocycles. The van der Waals surface area contributed by atoms with Crippen molar-refractivity contribution in [3.8, 4) is 22.3 Å². The largest absolute Gasteiger partial charge is 4.00 e. The average Bonchev–Trinajstić information content (AvgIpc) is 3.58. The van der Waals surface area contributed by atoms with Gasteiger partial charge in [-0.05, 0) is 11.1 Å². The molecule has 0 fully saturated rings. The second-order valence-corrected chi connectivity index (χ2v) is 11.2. The van der Waals surface area contributed by atoms with E-state index in [0.29, 0.717) is 0 Å². The first-order valence-corrected chi connectivity index (χ1v) is 15.8. The van der Waals surface area contributed by atoms with Gasteiger partial charge >= 0.3 is 26.2 Å². The van der Waals surface area contributed by atoms with Crippen LogP contribution in [0.1, 0.15) is 57.6 Å². The van der Waals surface area contributed by atoms with E-state index in [-0.39, 0.29) is 51.0 Å². The minimum Gasteiger partial charge on any atom is -1.00 e. The number of rotatable bonds is 5. The molecule has 0 amide bonds. The molecule has 0 aliphatic rings. The number of aryl methyl sites for hydroxylation is 2. The Hall–Kier alpha value is -2.22. The second kappa shape index (κ2) is 23.2. The first-order chi connectivity index (χ1) is 20.0. The van der Waals surface area contributed by atoms with Crippen molar-refractivity contribution < 1.29 is 51.0 Å². The second-order valence-electron chi connectivity index (χ2n) is 10.5. The van der Waals surface area contributed by atoms with Gasteiger partial charge in [0.05, 0.1) is 0 Å². The summed E-state index contributed by atoms with van der Waals surface area (Å²) in [6.07, 6.45) is 5.54. The van der Waals surface area contributed by atoms with Gasteiger partial charge in [-0.2, -0.15) is 12.1 Å². The molecule has 0 N–H and O–H groups in total. The molecule has 0 unspecified atom stereocenters. The summed E-state index contributed by atoms with van der Waals surface area (Å²) in [5, 5.41) is 5.37. The van der Waals surface area contributed by atoms with E-state index in [1.54, 1.807) is 0 Å². The minimum absolute atomic E-state index is 0. The molecule has 4 heteroatoms. The summed E-state index contributed by atoms with van der Waals surface area (Å²) in [5.74, 6) is 0. The van der Waals surface area contributed by atoms with Crippen molar-refractivity contribution in [2.45, 2.75) is 66.3 Å². The summed E-state index contributed by atoms with van der Waals surface area (Å²) in [7, 11) is 3.18. The Morgan fingerprint density at radius 3 is 1.18 bits per heavy atom. The van der Waals surface area contributed by atoms with Crippen LogP contribution in [0.25, 0.3) is 43.8 Å². The smallest absolute Gasteiger partial charge is 1.00 e. The van der Waals surface area contributed by atoms with Gasteiger partial charge in [0, 0.05) is 10.2 Å². The summed E-state index contributed by atoms with van der Waals surface area (Å²) < 4.78 is 0. The Kier molecular flexibility index (Phi) is 22.0. The fraction of sp³-hybridized carbons (Fsp3) is 0.250. The maximum Gasteiger partial charge on any atom is 4.00 e. The molecule has 0 spiro atoms. The zero-order valence-electron chi connectivity index (χ0n) is 26.8. The Bertz CT molecular complexity index is 1450. The molecular weight excluding hydrogens is 671 g/mol. The van der Waals surface area contributed by atoms with Gasteiger partial charge < -0.3 is 24.8 Å². The summed E-state index contributed by atoms with van der Waals surface area (Å²) in [4.78, 5) is 0. The van der Waals surface area contributed by atoms with Crippen LogP contribution in [0.2, 0.25) is 6.04 Å². The molecule has 6 aromatic rings. The van der Waals surface area contributed by atoms with E-state index in [9.17, 15) is 0 Å². The predicted octanol–water partition coefficient (Wildman–Crippen LogP) is 6.25. The first-order valence-electron chi connectivity index (χ1n) is 15.1. The quantitative estimate of drug-likeness (QED) is 0.113. The molecule has 0 nitrogen and oxygen atoms in total. The van der Waals surface area contributed by atoms with Gasteiger partial charge in [0.2, 0.25) is 0 Å². The van der Waals surface area contributed by atoms with Gasteiger partial charge in [0.15, 0.2) is 0 Å². The predicted molar refractivity (Wildman–Crippen MR) is 185 cm³/mol. The number of hydrogen-bond acceptors (Lipinski definition) is 0. The van der Waals surface area contributed by atoms with E-state index >= 15 is 0 Å². The van der Waals surface area contributed by atoms with E-state index in [0.717, 1.165) is 6.04 Å². The van der Waals surface area contributed by atoms with Crippen LogP contribution < -0.4 is 24.8 Å². The zero-order chi connectivity index (χ0) is 29.5. The Morgan fingerprint density at radius 2 is 0.864 bits per heavy atom. The zero-order valence-corrected chi connectivity index (χ0v) is 31.8. The van der Waals surface area contributed by atoms with Gasteiger partial charge in [-0.3, -0.25) is 0 Å². The Balaban J connectivity index is 0.000000630. The van der Waals surface area contributed by atoms with Crippen molar-refractivity contribution >= 4 is 31.8 Å². The van der Waals surface area contributed by atoms with E-state index in [1.165, 1.54) is 80.6 Å². The fourth-order valence-corrected chi connectivity index (χ4v) is 5.01. The summed E-state index contributed by atoms with van der Waals surface area (Å²) >= 11 is 0. The molecule has 6 aromatic carbocycles. The van der Waals surface area contributed by atoms with Crippen LogP contribution in [-0.2, 0) is 26.2 Å². The molecule has 227 valence electrons. The number of unbranched alkanes of at least 4 members (excludes halogenated alkanes) is 3. The van der Waals surface area contributed by atoms with Gasteiger partial charge in [-0.1, -0.05) is 150 Å². The molecule has 0 bridgehead atoms. The van der Waals surface area contributed by atoms with Crippen LogP contribution in [0, 0.1) is 13.8 Å². The molecule has 0 heterocycles. The summed E-state index contributed by atoms with van der Waals surface area (Å²) in [5.41, 5.74) is 7.89. The molecule has 0 atom stereocenters. The number of fused-ring (bicyclic) bond motifs is 2. The number of hydrogen-bond donors (Lipinski definition) is 0. The standard InChI is InChI=1S/2C16H13.C6H14.C2H5Si.2ClH.Zr/c2*1-12-10-14-8-5-9-15(16(14)11-12)13-6-3-2-4-7-13;1-3-5-6-4-2;1-2-3;;;/h2*2-11H,1H3;3-6H2,1-2H3;2H2,1H3;2*1H;/q2*-1;;;;;+4/p-2. The van der Waals surface area contributed by atoms with Gasteiger partial charge in [-0.25, -0.2) is 0 Å². The van der Waals surface area contributed by atoms with Crippen LogP contribution in [0.3, 0.4) is 0 Å². The van der Waals surface area contributed by atoms with Crippen molar-refractivity contribution in [1.29, 1.82) is 0 Å². The van der Waals surface area contributed by atoms with E-state index in [4.69, 9.17) is 0 Å². The molecule has 44 heavy (non-hydrogen) atoms. The summed E-state index contributed by atoms with van der Waals surface area (Å²) in [6, 6.07) is 44.2. The van der Waals surface area contributed by atoms with Crippen molar-refractivity contribution in [3.63, 3.8) is 0 Å². The average molecular weight is 716 g/mol. The monoisotopic (exact) mass is 713 g/mol. The minimum atomic E-state index is 0. The van der Waals surface area contributed by atoms with E-state index in [1.807, 2.05) is 6.92 Å². The molecular formula is C40H45Cl2SiZr. The number of benzene rings is 4. The van der Waals surface area contributed by atoms with E-state index in [2.05, 4.69) is 159 Å². The SMILES string of the molecule is CCCCCC.CC[Si].Cc1cc2c(-c3ccccc3)cccc2[cH-]1.Cc1cc2c(-c3ccccc3)cccc2[cH-]1.[Cl-].[Cl-].[Zr+4]. The van der Waals surface area contributed by atoms with Crippen molar-refractivity contribution in [3.05, 3.63) is 132 Å². The van der Waals surface area contributed by atoms with Crippen LogP contribution in [-0.4, -0.2) is 10.2 Å². The van der Waals surface area contributed by atoms with Gasteiger partial charge in [-0.15, -0.1) is 69.1 Å². The molecule has 0 saturated heterocycles. The normalized spacial score (nSPS) is 9.50. The van der Waals surface area contributed by atoms with Crippen molar-refractivity contribution in [1.82, 2.24) is 0 Å². The van der Waals surface area contributed by atoms with Gasteiger partial charge in [0.25, 0.3) is 0 Å². The van der Waals surface area contributed by atoms with Crippen LogP contribution >= 0.6 is 0 Å². The topological polar surface area (TPSA) is 0 Å². The first kappa shape index (κ1) is 41.8. The molecule has 3 radical (unpaired) electrons. The molecule has 0 aliphatic heterocycles. The molecule has 6 rings (SSSR count). The Labute approximate surface area is 301 Å². The van der Waals surface area contributed by atoms with Crippen LogP contribution in [0.4, 0.5) is 0 Å². The third-order valence-corrected chi connectivity index (χ3v) is 6.92. The maximum atomic E-state index is 3.18. The third kappa shape index (κ3) is 12.6. The third-order valence-electron chi connectivity index (χ3n) is 6.92. The Morgan fingerprint density at radius 1 is 0.523 bits per heavy atom. The summed E-state index contributed by atoms with van der Waals surface area (Å²) in [6.45, 7) is 10.8. The molecule has 0 saturated carbocycles. The van der Waals surface area contributed by atoms with Crippen LogP contribution in [0.15, 0.2) is 121 Å². The van der Waals surface area contributed by atoms with Crippen molar-refractivity contribution in [2.24, 2.45) is 0 Å². The molecule has 0 aromatic heterocycles. The fourth-order valence-electron chi connectivity index (χ4n) is 5.01. The van der Waals surface area contributed by atoms with E-state index < -0.39 is 0 Å². The maximum absolute atomic E-state index is 3.18. The van der Waals surface area contributed by atoms with Crippen molar-refractivity contribution in [2.75, 3.05) is 0 Å². The van der Waals surface area contributed by atoms with Crippen LogP contribution in [0.5, 0.6) is 0 Å².